The molecule has 64 valence electrons. The zero-order valence-corrected chi connectivity index (χ0v) is 6.81. The molecule has 0 aliphatic heterocycles. The zero-order valence-electron chi connectivity index (χ0n) is 6.81. The van der Waals surface area contributed by atoms with E-state index in [2.05, 4.69) is 10.1 Å². The molecule has 0 aromatic carbocycles. The molecule has 0 saturated heterocycles. The number of Topliss-reactive ketones (excluding diaryl/α,β-unsaturated/α-hetero) is 1. The average molecular weight is 165 g/mol. The van der Waals surface area contributed by atoms with Crippen LogP contribution in [0.4, 0.5) is 0 Å². The maximum absolute atomic E-state index is 11.1. The minimum Gasteiger partial charge on any atom is -0.300 e. The monoisotopic (exact) mass is 165 g/mol. The van der Waals surface area contributed by atoms with Gasteiger partial charge in [0.15, 0.2) is 0 Å². The molecule has 1 saturated carbocycles. The predicted octanol–water partition coefficient (Wildman–Crippen LogP) is 0.962. The highest BCUT2D eigenvalue weighted by atomic mass is 16.1. The van der Waals surface area contributed by atoms with Gasteiger partial charge in [0.2, 0.25) is 0 Å². The molecule has 1 aliphatic rings. The topological polar surface area (TPSA) is 47.8 Å². The largest absolute Gasteiger partial charge is 0.300 e. The van der Waals surface area contributed by atoms with Gasteiger partial charge in [-0.1, -0.05) is 0 Å². The van der Waals surface area contributed by atoms with Crippen molar-refractivity contribution in [2.45, 2.75) is 31.7 Å². The van der Waals surface area contributed by atoms with Crippen LogP contribution in [0, 0.1) is 0 Å². The smallest absolute Gasteiger partial charge is 0.137 e. The lowest BCUT2D eigenvalue weighted by atomic mass is 9.95. The summed E-state index contributed by atoms with van der Waals surface area (Å²) in [6.07, 6.45) is 6.61. The molecule has 0 bridgehead atoms. The Bertz CT molecular complexity index is 268. The van der Waals surface area contributed by atoms with Gasteiger partial charge in [0, 0.05) is 12.8 Å². The van der Waals surface area contributed by atoms with E-state index in [0.717, 1.165) is 19.3 Å². The SMILES string of the molecule is O=C1CCC[C@@H](n2cncn2)C1. The average Bonchev–Trinajstić information content (AvgIpc) is 2.56. The molecule has 0 amide bonds. The van der Waals surface area contributed by atoms with Crippen LogP contribution in [0.2, 0.25) is 0 Å². The summed E-state index contributed by atoms with van der Waals surface area (Å²) in [4.78, 5) is 15.0. The van der Waals surface area contributed by atoms with E-state index in [1.54, 1.807) is 11.0 Å². The molecule has 0 N–H and O–H groups in total. The van der Waals surface area contributed by atoms with Crippen molar-refractivity contribution in [3.63, 3.8) is 0 Å². The summed E-state index contributed by atoms with van der Waals surface area (Å²) in [5.74, 6) is 0.349. The van der Waals surface area contributed by atoms with Crippen LogP contribution in [0.15, 0.2) is 12.7 Å². The van der Waals surface area contributed by atoms with Crippen LogP contribution >= 0.6 is 0 Å². The van der Waals surface area contributed by atoms with Crippen LogP contribution in [0.1, 0.15) is 31.7 Å². The molecule has 1 aromatic heterocycles. The molecule has 4 nitrogen and oxygen atoms in total. The van der Waals surface area contributed by atoms with Gasteiger partial charge in [-0.15, -0.1) is 0 Å². The van der Waals surface area contributed by atoms with E-state index in [-0.39, 0.29) is 6.04 Å². The minimum absolute atomic E-state index is 0.258. The minimum atomic E-state index is 0.258. The zero-order chi connectivity index (χ0) is 8.39. The van der Waals surface area contributed by atoms with Gasteiger partial charge in [-0.25, -0.2) is 9.67 Å². The molecular formula is C8H11N3O. The summed E-state index contributed by atoms with van der Waals surface area (Å²) in [6, 6.07) is 0.258. The van der Waals surface area contributed by atoms with E-state index >= 15 is 0 Å². The van der Waals surface area contributed by atoms with Crippen molar-refractivity contribution in [1.29, 1.82) is 0 Å². The second-order valence-corrected chi connectivity index (χ2v) is 3.16. The van der Waals surface area contributed by atoms with Crippen molar-refractivity contribution < 1.29 is 4.79 Å². The fourth-order valence-electron chi connectivity index (χ4n) is 1.63. The second kappa shape index (κ2) is 3.05. The Morgan fingerprint density at radius 3 is 3.17 bits per heavy atom. The van der Waals surface area contributed by atoms with Crippen molar-refractivity contribution in [3.8, 4) is 0 Å². The molecule has 0 spiro atoms. The number of hydrogen-bond donors (Lipinski definition) is 0. The van der Waals surface area contributed by atoms with Crippen LogP contribution in [0.25, 0.3) is 0 Å². The van der Waals surface area contributed by atoms with Gasteiger partial charge in [0.1, 0.15) is 18.4 Å². The summed E-state index contributed by atoms with van der Waals surface area (Å²) in [6.45, 7) is 0. The lowest BCUT2D eigenvalue weighted by Gasteiger charge is -2.20. The molecule has 1 fully saturated rings. The molecule has 1 aliphatic carbocycles. The lowest BCUT2D eigenvalue weighted by molar-refractivity contribution is -0.121. The molecule has 2 rings (SSSR count). The maximum atomic E-state index is 11.1. The van der Waals surface area contributed by atoms with E-state index in [0.29, 0.717) is 12.2 Å². The normalized spacial score (nSPS) is 24.3. The maximum Gasteiger partial charge on any atom is 0.137 e. The molecular weight excluding hydrogens is 154 g/mol. The first-order valence-electron chi connectivity index (χ1n) is 4.22. The quantitative estimate of drug-likeness (QED) is 0.622. The molecule has 0 unspecified atom stereocenters. The summed E-state index contributed by atoms with van der Waals surface area (Å²) >= 11 is 0. The number of rotatable bonds is 1. The van der Waals surface area contributed by atoms with Gasteiger partial charge in [-0.3, -0.25) is 4.79 Å². The van der Waals surface area contributed by atoms with Crippen LogP contribution < -0.4 is 0 Å². The predicted molar refractivity (Wildman–Crippen MR) is 42.5 cm³/mol. The molecule has 1 aromatic rings. The van der Waals surface area contributed by atoms with E-state index in [4.69, 9.17) is 0 Å². The van der Waals surface area contributed by atoms with Gasteiger partial charge in [0.05, 0.1) is 6.04 Å². The third-order valence-corrected chi connectivity index (χ3v) is 2.27. The number of ketones is 1. The van der Waals surface area contributed by atoms with Gasteiger partial charge in [0.25, 0.3) is 0 Å². The summed E-state index contributed by atoms with van der Waals surface area (Å²) in [5.41, 5.74) is 0. The third kappa shape index (κ3) is 1.37. The van der Waals surface area contributed by atoms with Crippen LogP contribution in [-0.2, 0) is 4.79 Å². The number of carbonyl (C=O) groups excluding carboxylic acids is 1. The second-order valence-electron chi connectivity index (χ2n) is 3.16. The number of aromatic nitrogens is 3. The highest BCUT2D eigenvalue weighted by molar-refractivity contribution is 5.79. The van der Waals surface area contributed by atoms with E-state index in [1.165, 1.54) is 6.33 Å². The van der Waals surface area contributed by atoms with E-state index in [9.17, 15) is 4.79 Å². The summed E-state index contributed by atoms with van der Waals surface area (Å²) in [7, 11) is 0. The highest BCUT2D eigenvalue weighted by Gasteiger charge is 2.20. The van der Waals surface area contributed by atoms with Gasteiger partial charge >= 0.3 is 0 Å². The summed E-state index contributed by atoms with van der Waals surface area (Å²) < 4.78 is 1.79. The van der Waals surface area contributed by atoms with Gasteiger partial charge in [-0.05, 0) is 12.8 Å². The lowest BCUT2D eigenvalue weighted by Crippen LogP contribution is -2.19. The Hall–Kier alpha value is -1.19. The standard InChI is InChI=1S/C8H11N3O/c12-8-3-1-2-7(4-8)11-6-9-5-10-11/h5-7H,1-4H2/t7-/m1/s1. The molecule has 4 heteroatoms. The fraction of sp³-hybridized carbons (Fsp3) is 0.625. The number of hydrogen-bond acceptors (Lipinski definition) is 3. The third-order valence-electron chi connectivity index (χ3n) is 2.27. The van der Waals surface area contributed by atoms with Crippen molar-refractivity contribution in [3.05, 3.63) is 12.7 Å². The molecule has 12 heavy (non-hydrogen) atoms. The Balaban J connectivity index is 2.09. The Morgan fingerprint density at radius 2 is 2.50 bits per heavy atom. The molecule has 0 radical (unpaired) electrons. The van der Waals surface area contributed by atoms with Crippen LogP contribution in [-0.4, -0.2) is 20.5 Å². The van der Waals surface area contributed by atoms with Crippen molar-refractivity contribution in [1.82, 2.24) is 14.8 Å². The van der Waals surface area contributed by atoms with E-state index in [1.807, 2.05) is 0 Å². The first-order chi connectivity index (χ1) is 5.86. The van der Waals surface area contributed by atoms with Crippen molar-refractivity contribution in [2.75, 3.05) is 0 Å². The number of nitrogens with zero attached hydrogens (tertiary/aromatic N) is 3. The number of carbonyl (C=O) groups is 1. The Kier molecular flexibility index (Phi) is 1.89. The Labute approximate surface area is 70.6 Å². The van der Waals surface area contributed by atoms with Crippen molar-refractivity contribution in [2.24, 2.45) is 0 Å². The molecule has 1 heterocycles. The van der Waals surface area contributed by atoms with Crippen LogP contribution in [0.5, 0.6) is 0 Å². The fourth-order valence-corrected chi connectivity index (χ4v) is 1.63. The highest BCUT2D eigenvalue weighted by Crippen LogP contribution is 2.24. The summed E-state index contributed by atoms with van der Waals surface area (Å²) in [5, 5.41) is 4.03. The van der Waals surface area contributed by atoms with Gasteiger partial charge in [-0.2, -0.15) is 5.10 Å². The van der Waals surface area contributed by atoms with Crippen molar-refractivity contribution >= 4 is 5.78 Å². The van der Waals surface area contributed by atoms with E-state index < -0.39 is 0 Å². The molecule has 1 atom stereocenters. The Morgan fingerprint density at radius 1 is 1.58 bits per heavy atom. The first kappa shape index (κ1) is 7.46. The first-order valence-corrected chi connectivity index (χ1v) is 4.22. The van der Waals surface area contributed by atoms with Gasteiger partial charge < -0.3 is 0 Å². The van der Waals surface area contributed by atoms with Crippen LogP contribution in [0.3, 0.4) is 0 Å².